The Bertz CT molecular complexity index is 693. The zero-order valence-corrected chi connectivity index (χ0v) is 14.4. The summed E-state index contributed by atoms with van der Waals surface area (Å²) in [4.78, 5) is 29.7. The lowest BCUT2D eigenvalue weighted by molar-refractivity contribution is -0.200. The molecule has 2 amide bonds. The van der Waals surface area contributed by atoms with Crippen molar-refractivity contribution in [2.24, 2.45) is 0 Å². The van der Waals surface area contributed by atoms with Crippen LogP contribution in [-0.4, -0.2) is 30.0 Å². The molecule has 2 N–H and O–H groups in total. The number of benzene rings is 1. The molecule has 2 atom stereocenters. The number of carbonyl (C=O) groups is 2. The number of anilines is 1. The van der Waals surface area contributed by atoms with Crippen molar-refractivity contribution in [3.8, 4) is 0 Å². The standard InChI is InChI=1S/C16H17F3N2O4S/c17-16(18,19)9-4-5-11-10(7-9)20-15(23)12(26-11)8-13(22)21-25-14-3-1-2-6-24-14/h4-5,7,12,14H,1-3,6,8H2,(H,20,23)(H,21,22)/t12-,14-/m1/s1. The van der Waals surface area contributed by atoms with Crippen LogP contribution < -0.4 is 10.8 Å². The fourth-order valence-corrected chi connectivity index (χ4v) is 3.70. The highest BCUT2D eigenvalue weighted by molar-refractivity contribution is 8.01. The van der Waals surface area contributed by atoms with E-state index < -0.39 is 35.1 Å². The lowest BCUT2D eigenvalue weighted by Crippen LogP contribution is -2.37. The maximum absolute atomic E-state index is 12.7. The summed E-state index contributed by atoms with van der Waals surface area (Å²) in [5.41, 5.74) is 1.52. The number of hydrogen-bond acceptors (Lipinski definition) is 5. The van der Waals surface area contributed by atoms with Crippen LogP contribution in [0.15, 0.2) is 23.1 Å². The molecule has 1 saturated heterocycles. The van der Waals surface area contributed by atoms with Crippen LogP contribution >= 0.6 is 11.8 Å². The lowest BCUT2D eigenvalue weighted by Gasteiger charge is -2.25. The van der Waals surface area contributed by atoms with Crippen LogP contribution in [0, 0.1) is 0 Å². The van der Waals surface area contributed by atoms with Crippen molar-refractivity contribution in [3.05, 3.63) is 23.8 Å². The summed E-state index contributed by atoms with van der Waals surface area (Å²) in [5.74, 6) is -1.02. The lowest BCUT2D eigenvalue weighted by atomic mass is 10.1. The van der Waals surface area contributed by atoms with Crippen LogP contribution in [0.2, 0.25) is 0 Å². The van der Waals surface area contributed by atoms with E-state index in [1.807, 2.05) is 0 Å². The van der Waals surface area contributed by atoms with Gasteiger partial charge in [-0.15, -0.1) is 11.8 Å². The largest absolute Gasteiger partial charge is 0.416 e. The van der Waals surface area contributed by atoms with Crippen LogP contribution in [0.5, 0.6) is 0 Å². The molecular formula is C16H17F3N2O4S. The summed E-state index contributed by atoms with van der Waals surface area (Å²) in [5, 5.41) is 1.67. The van der Waals surface area contributed by atoms with Gasteiger partial charge in [-0.3, -0.25) is 9.59 Å². The Morgan fingerprint density at radius 3 is 2.88 bits per heavy atom. The molecule has 2 aliphatic rings. The molecule has 1 aromatic rings. The summed E-state index contributed by atoms with van der Waals surface area (Å²) >= 11 is 1.05. The molecule has 0 radical (unpaired) electrons. The Kier molecular flexibility index (Phi) is 5.73. The van der Waals surface area contributed by atoms with Crippen LogP contribution in [0.25, 0.3) is 0 Å². The number of hydroxylamine groups is 1. The van der Waals surface area contributed by atoms with E-state index in [1.165, 1.54) is 6.07 Å². The molecule has 2 aliphatic heterocycles. The molecule has 3 rings (SSSR count). The summed E-state index contributed by atoms with van der Waals surface area (Å²) in [6, 6.07) is 3.13. The SMILES string of the molecule is O=C(C[C@H]1Sc2ccc(C(F)(F)F)cc2NC1=O)NO[C@@H]1CCCCO1. The van der Waals surface area contributed by atoms with Crippen LogP contribution in [0.4, 0.5) is 18.9 Å². The highest BCUT2D eigenvalue weighted by Crippen LogP contribution is 2.40. The number of fused-ring (bicyclic) bond motifs is 1. The number of alkyl halides is 3. The summed E-state index contributed by atoms with van der Waals surface area (Å²) < 4.78 is 43.5. The van der Waals surface area contributed by atoms with E-state index in [9.17, 15) is 22.8 Å². The van der Waals surface area contributed by atoms with Crippen LogP contribution in [0.1, 0.15) is 31.2 Å². The Labute approximate surface area is 151 Å². The maximum Gasteiger partial charge on any atom is 0.416 e. The van der Waals surface area contributed by atoms with Crippen LogP contribution in [0.3, 0.4) is 0 Å². The predicted octanol–water partition coefficient (Wildman–Crippen LogP) is 3.08. The second kappa shape index (κ2) is 7.85. The van der Waals surface area contributed by atoms with Crippen molar-refractivity contribution in [2.45, 2.75) is 48.3 Å². The smallest absolute Gasteiger partial charge is 0.350 e. The Morgan fingerprint density at radius 1 is 1.38 bits per heavy atom. The molecule has 10 heteroatoms. The van der Waals surface area contributed by atoms with E-state index in [-0.39, 0.29) is 12.1 Å². The van der Waals surface area contributed by atoms with E-state index in [0.717, 1.165) is 36.7 Å². The monoisotopic (exact) mass is 390 g/mol. The molecule has 1 aromatic carbocycles. The molecule has 0 spiro atoms. The van der Waals surface area contributed by atoms with Gasteiger partial charge >= 0.3 is 6.18 Å². The molecule has 0 aliphatic carbocycles. The molecule has 2 heterocycles. The first kappa shape index (κ1) is 19.0. The molecule has 26 heavy (non-hydrogen) atoms. The van der Waals surface area contributed by atoms with Gasteiger partial charge in [-0.1, -0.05) is 0 Å². The average molecular weight is 390 g/mol. The first-order valence-electron chi connectivity index (χ1n) is 8.08. The van der Waals surface area contributed by atoms with E-state index in [0.29, 0.717) is 17.9 Å². The maximum atomic E-state index is 12.7. The molecule has 0 saturated carbocycles. The van der Waals surface area contributed by atoms with E-state index in [4.69, 9.17) is 9.57 Å². The van der Waals surface area contributed by atoms with Gasteiger partial charge in [0.1, 0.15) is 0 Å². The summed E-state index contributed by atoms with van der Waals surface area (Å²) in [7, 11) is 0. The number of hydrogen-bond donors (Lipinski definition) is 2. The molecule has 6 nitrogen and oxygen atoms in total. The molecule has 0 aromatic heterocycles. The van der Waals surface area contributed by atoms with Gasteiger partial charge in [0, 0.05) is 24.3 Å². The second-order valence-electron chi connectivity index (χ2n) is 5.95. The van der Waals surface area contributed by atoms with Crippen molar-refractivity contribution >= 4 is 29.3 Å². The number of ether oxygens (including phenoxy) is 1. The third-order valence-electron chi connectivity index (χ3n) is 3.94. The van der Waals surface area contributed by atoms with Crippen molar-refractivity contribution in [1.82, 2.24) is 5.48 Å². The molecular weight excluding hydrogens is 373 g/mol. The normalized spacial score (nSPS) is 23.1. The van der Waals surface area contributed by atoms with E-state index in [2.05, 4.69) is 10.8 Å². The fourth-order valence-electron chi connectivity index (χ4n) is 2.61. The average Bonchev–Trinajstić information content (AvgIpc) is 2.60. The van der Waals surface area contributed by atoms with Crippen molar-refractivity contribution in [3.63, 3.8) is 0 Å². The van der Waals surface area contributed by atoms with Gasteiger partial charge in [0.15, 0.2) is 6.29 Å². The highest BCUT2D eigenvalue weighted by atomic mass is 32.2. The summed E-state index contributed by atoms with van der Waals surface area (Å²) in [6.45, 7) is 0.568. The Morgan fingerprint density at radius 2 is 2.19 bits per heavy atom. The zero-order chi connectivity index (χ0) is 18.7. The minimum absolute atomic E-state index is 0.0957. The minimum Gasteiger partial charge on any atom is -0.350 e. The number of halogens is 3. The number of carbonyl (C=O) groups excluding carboxylic acids is 2. The van der Waals surface area contributed by atoms with Crippen molar-refractivity contribution < 1.29 is 32.3 Å². The quantitative estimate of drug-likeness (QED) is 0.773. The van der Waals surface area contributed by atoms with Crippen molar-refractivity contribution in [1.29, 1.82) is 0 Å². The number of amides is 2. The Hall–Kier alpha value is -1.78. The van der Waals surface area contributed by atoms with Gasteiger partial charge in [0.2, 0.25) is 11.8 Å². The first-order valence-corrected chi connectivity index (χ1v) is 8.96. The third kappa shape index (κ3) is 4.68. The highest BCUT2D eigenvalue weighted by Gasteiger charge is 2.34. The number of nitrogens with one attached hydrogen (secondary N) is 2. The molecule has 0 bridgehead atoms. The van der Waals surface area contributed by atoms with Gasteiger partial charge in [-0.2, -0.15) is 13.2 Å². The predicted molar refractivity (Wildman–Crippen MR) is 87.2 cm³/mol. The van der Waals surface area contributed by atoms with Gasteiger partial charge in [-0.05, 0) is 31.0 Å². The number of thioether (sulfide) groups is 1. The molecule has 0 unspecified atom stereocenters. The van der Waals surface area contributed by atoms with E-state index in [1.54, 1.807) is 0 Å². The van der Waals surface area contributed by atoms with E-state index >= 15 is 0 Å². The van der Waals surface area contributed by atoms with Gasteiger partial charge in [-0.25, -0.2) is 10.3 Å². The Balaban J connectivity index is 1.57. The first-order chi connectivity index (χ1) is 12.3. The minimum atomic E-state index is -4.49. The number of rotatable bonds is 4. The summed E-state index contributed by atoms with van der Waals surface area (Å²) in [6.07, 6.45) is -2.58. The van der Waals surface area contributed by atoms with Gasteiger partial charge in [0.25, 0.3) is 0 Å². The van der Waals surface area contributed by atoms with Gasteiger partial charge in [0.05, 0.1) is 16.5 Å². The fraction of sp³-hybridized carbons (Fsp3) is 0.500. The zero-order valence-electron chi connectivity index (χ0n) is 13.6. The van der Waals surface area contributed by atoms with Gasteiger partial charge < -0.3 is 10.1 Å². The topological polar surface area (TPSA) is 76.7 Å². The molecule has 142 valence electrons. The molecule has 1 fully saturated rings. The van der Waals surface area contributed by atoms with Crippen LogP contribution in [-0.2, 0) is 25.3 Å². The second-order valence-corrected chi connectivity index (χ2v) is 7.19. The van der Waals surface area contributed by atoms with Crippen molar-refractivity contribution in [2.75, 3.05) is 11.9 Å². The third-order valence-corrected chi connectivity index (χ3v) is 5.21.